The lowest BCUT2D eigenvalue weighted by atomic mass is 10.1. The van der Waals surface area contributed by atoms with Crippen LogP contribution in [0.25, 0.3) is 0 Å². The summed E-state index contributed by atoms with van der Waals surface area (Å²) in [4.78, 5) is 25.2. The van der Waals surface area contributed by atoms with Crippen LogP contribution in [0.5, 0.6) is 0 Å². The Kier molecular flexibility index (Phi) is 6.41. The average Bonchev–Trinajstić information content (AvgIpc) is 2.64. The third-order valence-electron chi connectivity index (χ3n) is 3.49. The van der Waals surface area contributed by atoms with Gasteiger partial charge in [0.25, 0.3) is 21.8 Å². The molecule has 2 aromatic carbocycles. The maximum Gasteiger partial charge on any atom is 0.405 e. The van der Waals surface area contributed by atoms with E-state index in [2.05, 4.69) is 5.43 Å². The standard InChI is InChI=1S/C17H16F3N3O4S/c1-11-2-4-13(5-3-11)16(25)22-23-28(26,27)14-8-6-12(7-9-14)15(24)21-10-17(18,19)20/h2-9,23H,10H2,1H3,(H,21,24)(H,22,25). The first-order valence-electron chi connectivity index (χ1n) is 7.82. The highest BCUT2D eigenvalue weighted by molar-refractivity contribution is 7.89. The minimum atomic E-state index is -4.56. The van der Waals surface area contributed by atoms with Crippen molar-refractivity contribution in [1.82, 2.24) is 15.6 Å². The number of sulfonamides is 1. The Bertz CT molecular complexity index is 957. The molecule has 3 N–H and O–H groups in total. The van der Waals surface area contributed by atoms with E-state index in [1.165, 1.54) is 12.1 Å². The topological polar surface area (TPSA) is 104 Å². The van der Waals surface area contributed by atoms with Crippen molar-refractivity contribution in [3.05, 3.63) is 65.2 Å². The van der Waals surface area contributed by atoms with Gasteiger partial charge in [-0.3, -0.25) is 15.0 Å². The Balaban J connectivity index is 2.00. The third-order valence-corrected chi connectivity index (χ3v) is 4.75. The molecular formula is C17H16F3N3O4S. The number of hydrogen-bond donors (Lipinski definition) is 3. The second-order valence-corrected chi connectivity index (χ2v) is 7.43. The van der Waals surface area contributed by atoms with Gasteiger partial charge in [0.05, 0.1) is 4.90 Å². The Hall–Kier alpha value is -2.92. The van der Waals surface area contributed by atoms with Crippen molar-refractivity contribution >= 4 is 21.8 Å². The van der Waals surface area contributed by atoms with Crippen molar-refractivity contribution in [1.29, 1.82) is 0 Å². The smallest absolute Gasteiger partial charge is 0.343 e. The lowest BCUT2D eigenvalue weighted by Gasteiger charge is -2.10. The van der Waals surface area contributed by atoms with Crippen LogP contribution >= 0.6 is 0 Å². The first-order chi connectivity index (χ1) is 13.0. The second kappa shape index (κ2) is 8.40. The highest BCUT2D eigenvalue weighted by Crippen LogP contribution is 2.14. The van der Waals surface area contributed by atoms with Gasteiger partial charge in [-0.1, -0.05) is 17.7 Å². The largest absolute Gasteiger partial charge is 0.405 e. The molecule has 0 aromatic heterocycles. The van der Waals surface area contributed by atoms with Gasteiger partial charge in [-0.25, -0.2) is 8.42 Å². The van der Waals surface area contributed by atoms with Crippen LogP contribution in [0.2, 0.25) is 0 Å². The minimum absolute atomic E-state index is 0.146. The Labute approximate surface area is 159 Å². The van der Waals surface area contributed by atoms with Crippen LogP contribution in [0.1, 0.15) is 26.3 Å². The van der Waals surface area contributed by atoms with Gasteiger partial charge in [0.15, 0.2) is 0 Å². The molecule has 2 rings (SSSR count). The van der Waals surface area contributed by atoms with Crippen LogP contribution in [-0.2, 0) is 10.0 Å². The highest BCUT2D eigenvalue weighted by atomic mass is 32.2. The summed E-state index contributed by atoms with van der Waals surface area (Å²) in [5.74, 6) is -1.67. The summed E-state index contributed by atoms with van der Waals surface area (Å²) in [5, 5.41) is 1.67. The van der Waals surface area contributed by atoms with E-state index in [0.29, 0.717) is 0 Å². The molecule has 11 heteroatoms. The second-order valence-electron chi connectivity index (χ2n) is 5.75. The summed E-state index contributed by atoms with van der Waals surface area (Å²) in [6.07, 6.45) is -4.56. The molecule has 0 bridgehead atoms. The fourth-order valence-corrected chi connectivity index (χ4v) is 2.86. The average molecular weight is 415 g/mol. The van der Waals surface area contributed by atoms with Crippen molar-refractivity contribution in [2.75, 3.05) is 6.54 Å². The van der Waals surface area contributed by atoms with Crippen molar-refractivity contribution in [2.45, 2.75) is 18.0 Å². The molecule has 150 valence electrons. The van der Waals surface area contributed by atoms with E-state index in [0.717, 1.165) is 29.8 Å². The molecule has 0 unspecified atom stereocenters. The molecular weight excluding hydrogens is 399 g/mol. The first-order valence-corrected chi connectivity index (χ1v) is 9.30. The van der Waals surface area contributed by atoms with Crippen molar-refractivity contribution in [2.24, 2.45) is 0 Å². The van der Waals surface area contributed by atoms with E-state index in [9.17, 15) is 31.2 Å². The molecule has 2 aromatic rings. The molecule has 0 aliphatic heterocycles. The van der Waals surface area contributed by atoms with Crippen molar-refractivity contribution in [3.63, 3.8) is 0 Å². The van der Waals surface area contributed by atoms with Gasteiger partial charge in [-0.2, -0.15) is 13.2 Å². The summed E-state index contributed by atoms with van der Waals surface area (Å²) < 4.78 is 60.7. The van der Waals surface area contributed by atoms with Crippen molar-refractivity contribution in [3.8, 4) is 0 Å². The predicted octanol–water partition coefficient (Wildman–Crippen LogP) is 1.91. The van der Waals surface area contributed by atoms with Gasteiger partial charge in [0.1, 0.15) is 6.54 Å². The van der Waals surface area contributed by atoms with Crippen LogP contribution < -0.4 is 15.6 Å². The lowest BCUT2D eigenvalue weighted by Crippen LogP contribution is -2.41. The molecule has 2 amide bonds. The predicted molar refractivity (Wildman–Crippen MR) is 93.8 cm³/mol. The van der Waals surface area contributed by atoms with Crippen LogP contribution in [0.3, 0.4) is 0 Å². The number of rotatable bonds is 6. The van der Waals surface area contributed by atoms with Gasteiger partial charge in [-0.15, -0.1) is 4.83 Å². The normalized spacial score (nSPS) is 11.7. The monoisotopic (exact) mass is 415 g/mol. The number of benzene rings is 2. The molecule has 0 fully saturated rings. The van der Waals surface area contributed by atoms with Crippen molar-refractivity contribution < 1.29 is 31.2 Å². The van der Waals surface area contributed by atoms with Gasteiger partial charge in [0.2, 0.25) is 0 Å². The molecule has 0 heterocycles. The van der Waals surface area contributed by atoms with Gasteiger partial charge in [0, 0.05) is 11.1 Å². The van der Waals surface area contributed by atoms with E-state index in [-0.39, 0.29) is 16.0 Å². The van der Waals surface area contributed by atoms with Crippen LogP contribution in [0, 0.1) is 6.92 Å². The zero-order valence-corrected chi connectivity index (χ0v) is 15.3. The molecule has 0 saturated carbocycles. The fourth-order valence-electron chi connectivity index (χ4n) is 2.02. The van der Waals surface area contributed by atoms with Gasteiger partial charge >= 0.3 is 6.18 Å². The van der Waals surface area contributed by atoms with E-state index in [1.54, 1.807) is 17.4 Å². The maximum atomic E-state index is 12.2. The summed E-state index contributed by atoms with van der Waals surface area (Å²) >= 11 is 0. The molecule has 0 aliphatic rings. The lowest BCUT2D eigenvalue weighted by molar-refractivity contribution is -0.123. The maximum absolute atomic E-state index is 12.2. The number of alkyl halides is 3. The summed E-state index contributed by atoms with van der Waals surface area (Å²) in [6.45, 7) is 0.329. The summed E-state index contributed by atoms with van der Waals surface area (Å²) in [6, 6.07) is 10.6. The highest BCUT2D eigenvalue weighted by Gasteiger charge is 2.28. The SMILES string of the molecule is Cc1ccc(C(=O)NNS(=O)(=O)c2ccc(C(=O)NCC(F)(F)F)cc2)cc1. The third kappa shape index (κ3) is 6.06. The number of nitrogens with one attached hydrogen (secondary N) is 3. The van der Waals surface area contributed by atoms with Crippen LogP contribution in [-0.4, -0.2) is 33.0 Å². The molecule has 0 atom stereocenters. The van der Waals surface area contributed by atoms with Gasteiger partial charge < -0.3 is 5.32 Å². The first kappa shape index (κ1) is 21.4. The fraction of sp³-hybridized carbons (Fsp3) is 0.176. The van der Waals surface area contributed by atoms with E-state index < -0.39 is 34.6 Å². The quantitative estimate of drug-likeness (QED) is 0.627. The molecule has 28 heavy (non-hydrogen) atoms. The minimum Gasteiger partial charge on any atom is -0.343 e. The number of halogens is 3. The van der Waals surface area contributed by atoms with Crippen LogP contribution in [0.4, 0.5) is 13.2 Å². The number of hydrazine groups is 1. The number of carbonyl (C=O) groups excluding carboxylic acids is 2. The molecule has 0 aliphatic carbocycles. The number of aryl methyl sites for hydroxylation is 1. The zero-order chi connectivity index (χ0) is 20.9. The summed E-state index contributed by atoms with van der Waals surface area (Å²) in [5.41, 5.74) is 3.07. The van der Waals surface area contributed by atoms with E-state index >= 15 is 0 Å². The molecule has 0 radical (unpaired) electrons. The van der Waals surface area contributed by atoms with E-state index in [1.807, 2.05) is 11.8 Å². The summed E-state index contributed by atoms with van der Waals surface area (Å²) in [7, 11) is -4.14. The van der Waals surface area contributed by atoms with Gasteiger partial charge in [-0.05, 0) is 43.3 Å². The molecule has 7 nitrogen and oxygen atoms in total. The van der Waals surface area contributed by atoms with E-state index in [4.69, 9.17) is 0 Å². The Morgan fingerprint density at radius 2 is 1.39 bits per heavy atom. The number of amides is 2. The molecule has 0 saturated heterocycles. The van der Waals surface area contributed by atoms with Crippen LogP contribution in [0.15, 0.2) is 53.4 Å². The molecule has 0 spiro atoms. The zero-order valence-electron chi connectivity index (χ0n) is 14.5. The number of hydrogen-bond acceptors (Lipinski definition) is 4. The Morgan fingerprint density at radius 3 is 1.93 bits per heavy atom. The number of carbonyl (C=O) groups is 2. The Morgan fingerprint density at radius 1 is 0.893 bits per heavy atom.